The first-order valence-electron chi connectivity index (χ1n) is 6.49. The van der Waals surface area contributed by atoms with Crippen molar-refractivity contribution in [1.29, 1.82) is 0 Å². The molecule has 14 heavy (non-hydrogen) atoms. The van der Waals surface area contributed by atoms with Crippen molar-refractivity contribution in [2.24, 2.45) is 35.5 Å². The minimum absolute atomic E-state index is 0.849. The van der Waals surface area contributed by atoms with Gasteiger partial charge in [0.25, 0.3) is 0 Å². The Labute approximate surface area is 90.5 Å². The fourth-order valence-corrected chi connectivity index (χ4v) is 3.75. The van der Waals surface area contributed by atoms with Gasteiger partial charge >= 0.3 is 0 Å². The van der Waals surface area contributed by atoms with Gasteiger partial charge in [0.2, 0.25) is 0 Å². The third-order valence-corrected chi connectivity index (χ3v) is 4.76. The van der Waals surface area contributed by atoms with Crippen LogP contribution < -0.4 is 0 Å². The molecule has 0 aliphatic heterocycles. The summed E-state index contributed by atoms with van der Waals surface area (Å²) in [6.07, 6.45) is 2.84. The van der Waals surface area contributed by atoms with Crippen molar-refractivity contribution in [2.75, 3.05) is 0 Å². The summed E-state index contributed by atoms with van der Waals surface area (Å²) in [6.45, 7) is 14.5. The minimum atomic E-state index is 0.849. The summed E-state index contributed by atoms with van der Waals surface area (Å²) in [6, 6.07) is 0. The number of hydrogen-bond acceptors (Lipinski definition) is 0. The van der Waals surface area contributed by atoms with E-state index in [1.165, 1.54) is 12.8 Å². The van der Waals surface area contributed by atoms with Crippen LogP contribution in [0.3, 0.4) is 0 Å². The first-order chi connectivity index (χ1) is 6.49. The van der Waals surface area contributed by atoms with Gasteiger partial charge in [-0.2, -0.15) is 0 Å². The molecule has 0 amide bonds. The summed E-state index contributed by atoms with van der Waals surface area (Å²) < 4.78 is 0. The Bertz CT molecular complexity index is 171. The van der Waals surface area contributed by atoms with Gasteiger partial charge in [0.1, 0.15) is 0 Å². The van der Waals surface area contributed by atoms with Crippen molar-refractivity contribution in [3.8, 4) is 0 Å². The maximum absolute atomic E-state index is 2.47. The van der Waals surface area contributed by atoms with Crippen LogP contribution >= 0.6 is 0 Å². The summed E-state index contributed by atoms with van der Waals surface area (Å²) in [5, 5.41) is 0. The molecule has 0 heteroatoms. The Balaban J connectivity index is 2.73. The van der Waals surface area contributed by atoms with Gasteiger partial charge in [0.05, 0.1) is 0 Å². The summed E-state index contributed by atoms with van der Waals surface area (Å²) in [5.74, 6) is 5.63. The lowest BCUT2D eigenvalue weighted by Gasteiger charge is -2.32. The highest BCUT2D eigenvalue weighted by atomic mass is 14.5. The Morgan fingerprint density at radius 3 is 2.07 bits per heavy atom. The van der Waals surface area contributed by atoms with E-state index >= 15 is 0 Å². The van der Waals surface area contributed by atoms with E-state index in [0.717, 1.165) is 35.5 Å². The molecule has 0 heterocycles. The summed E-state index contributed by atoms with van der Waals surface area (Å²) in [4.78, 5) is 0. The van der Waals surface area contributed by atoms with Crippen LogP contribution in [-0.4, -0.2) is 0 Å². The molecule has 0 bridgehead atoms. The molecule has 0 spiro atoms. The van der Waals surface area contributed by atoms with Gasteiger partial charge in [0.15, 0.2) is 0 Å². The van der Waals surface area contributed by atoms with E-state index < -0.39 is 0 Å². The molecule has 1 rings (SSSR count). The van der Waals surface area contributed by atoms with Gasteiger partial charge in [-0.25, -0.2) is 0 Å². The molecule has 0 aromatic rings. The van der Waals surface area contributed by atoms with Crippen LogP contribution in [0.5, 0.6) is 0 Å². The fraction of sp³-hybridized carbons (Fsp3) is 1.00. The quantitative estimate of drug-likeness (QED) is 0.619. The first kappa shape index (κ1) is 12.1. The summed E-state index contributed by atoms with van der Waals surface area (Å²) in [5.41, 5.74) is 0. The molecule has 1 aliphatic rings. The Kier molecular flexibility index (Phi) is 4.04. The van der Waals surface area contributed by atoms with Gasteiger partial charge < -0.3 is 0 Å². The standard InChI is InChI=1S/C14H28/c1-7-13-10(4)8-11(5)14(13)12(6)9(2)3/h9-14H,7-8H2,1-6H3. The zero-order valence-electron chi connectivity index (χ0n) is 10.9. The average Bonchev–Trinajstić information content (AvgIpc) is 2.38. The van der Waals surface area contributed by atoms with Crippen molar-refractivity contribution >= 4 is 0 Å². The lowest BCUT2D eigenvalue weighted by molar-refractivity contribution is 0.166. The maximum atomic E-state index is 2.47. The maximum Gasteiger partial charge on any atom is -0.0329 e. The number of rotatable bonds is 3. The van der Waals surface area contributed by atoms with Gasteiger partial charge in [-0.3, -0.25) is 0 Å². The third-order valence-electron chi connectivity index (χ3n) is 4.76. The molecule has 0 radical (unpaired) electrons. The molecule has 0 aromatic heterocycles. The van der Waals surface area contributed by atoms with E-state index in [4.69, 9.17) is 0 Å². The Morgan fingerprint density at radius 2 is 1.64 bits per heavy atom. The highest BCUT2D eigenvalue weighted by Crippen LogP contribution is 2.48. The molecule has 84 valence electrons. The second kappa shape index (κ2) is 4.68. The highest BCUT2D eigenvalue weighted by molar-refractivity contribution is 4.89. The Morgan fingerprint density at radius 1 is 1.07 bits per heavy atom. The van der Waals surface area contributed by atoms with Crippen molar-refractivity contribution in [3.63, 3.8) is 0 Å². The van der Waals surface area contributed by atoms with E-state index in [1.807, 2.05) is 0 Å². The molecule has 1 saturated carbocycles. The van der Waals surface area contributed by atoms with Gasteiger partial charge in [-0.1, -0.05) is 48.0 Å². The zero-order chi connectivity index (χ0) is 10.9. The number of hydrogen-bond donors (Lipinski definition) is 0. The molecule has 1 aliphatic carbocycles. The van der Waals surface area contributed by atoms with Crippen LogP contribution in [0.25, 0.3) is 0 Å². The fourth-order valence-electron chi connectivity index (χ4n) is 3.75. The van der Waals surface area contributed by atoms with Crippen LogP contribution in [0.2, 0.25) is 0 Å². The van der Waals surface area contributed by atoms with E-state index in [1.54, 1.807) is 0 Å². The minimum Gasteiger partial charge on any atom is -0.0651 e. The Hall–Kier alpha value is 0. The molecular formula is C14H28. The van der Waals surface area contributed by atoms with E-state index in [-0.39, 0.29) is 0 Å². The van der Waals surface area contributed by atoms with E-state index in [0.29, 0.717) is 0 Å². The monoisotopic (exact) mass is 196 g/mol. The molecular weight excluding hydrogens is 168 g/mol. The van der Waals surface area contributed by atoms with Crippen molar-refractivity contribution in [2.45, 2.75) is 54.4 Å². The van der Waals surface area contributed by atoms with Crippen LogP contribution in [0, 0.1) is 35.5 Å². The molecule has 5 atom stereocenters. The first-order valence-corrected chi connectivity index (χ1v) is 6.49. The predicted molar refractivity (Wildman–Crippen MR) is 64.2 cm³/mol. The van der Waals surface area contributed by atoms with E-state index in [2.05, 4.69) is 41.5 Å². The highest BCUT2D eigenvalue weighted by Gasteiger charge is 2.40. The molecule has 0 nitrogen and oxygen atoms in total. The normalized spacial score (nSPS) is 40.5. The second-order valence-corrected chi connectivity index (χ2v) is 5.94. The second-order valence-electron chi connectivity index (χ2n) is 5.94. The topological polar surface area (TPSA) is 0 Å². The predicted octanol–water partition coefficient (Wildman–Crippen LogP) is 4.60. The van der Waals surface area contributed by atoms with Crippen molar-refractivity contribution in [1.82, 2.24) is 0 Å². The van der Waals surface area contributed by atoms with Crippen molar-refractivity contribution in [3.05, 3.63) is 0 Å². The lowest BCUT2D eigenvalue weighted by Crippen LogP contribution is -2.26. The smallest absolute Gasteiger partial charge is 0.0329 e. The largest absolute Gasteiger partial charge is 0.0651 e. The van der Waals surface area contributed by atoms with Gasteiger partial charge in [-0.15, -0.1) is 0 Å². The summed E-state index contributed by atoms with van der Waals surface area (Å²) >= 11 is 0. The molecule has 0 saturated heterocycles. The van der Waals surface area contributed by atoms with Gasteiger partial charge in [-0.05, 0) is 41.9 Å². The van der Waals surface area contributed by atoms with E-state index in [9.17, 15) is 0 Å². The van der Waals surface area contributed by atoms with Gasteiger partial charge in [0, 0.05) is 0 Å². The van der Waals surface area contributed by atoms with Crippen LogP contribution in [0.15, 0.2) is 0 Å². The van der Waals surface area contributed by atoms with Crippen LogP contribution in [0.4, 0.5) is 0 Å². The SMILES string of the molecule is CCC1C(C)CC(C)C1C(C)C(C)C. The molecule has 0 aromatic carbocycles. The molecule has 0 N–H and O–H groups in total. The molecule has 1 fully saturated rings. The van der Waals surface area contributed by atoms with Crippen LogP contribution in [0.1, 0.15) is 54.4 Å². The molecule has 5 unspecified atom stereocenters. The van der Waals surface area contributed by atoms with Crippen molar-refractivity contribution < 1.29 is 0 Å². The zero-order valence-corrected chi connectivity index (χ0v) is 10.9. The average molecular weight is 196 g/mol. The van der Waals surface area contributed by atoms with Crippen LogP contribution in [-0.2, 0) is 0 Å². The lowest BCUT2D eigenvalue weighted by atomic mass is 9.73. The third kappa shape index (κ3) is 2.15. The summed E-state index contributed by atoms with van der Waals surface area (Å²) in [7, 11) is 0.